The summed E-state index contributed by atoms with van der Waals surface area (Å²) in [6.07, 6.45) is 4.83. The third-order valence-electron chi connectivity index (χ3n) is 4.88. The first-order valence-corrected chi connectivity index (χ1v) is 7.28. The van der Waals surface area contributed by atoms with E-state index in [0.29, 0.717) is 11.0 Å². The average Bonchev–Trinajstić information content (AvgIpc) is 2.47. The summed E-state index contributed by atoms with van der Waals surface area (Å²) in [5, 5.41) is 9.38. The number of aliphatic hydroxyl groups is 1. The van der Waals surface area contributed by atoms with E-state index in [4.69, 9.17) is 0 Å². The van der Waals surface area contributed by atoms with Gasteiger partial charge in [-0.05, 0) is 36.5 Å². The van der Waals surface area contributed by atoms with Crippen LogP contribution in [0.25, 0.3) is 0 Å². The molecule has 0 amide bonds. The van der Waals surface area contributed by atoms with Gasteiger partial charge in [0, 0.05) is 24.3 Å². The monoisotopic (exact) mass is 265 g/mol. The van der Waals surface area contributed by atoms with Crippen LogP contribution in [0, 0.1) is 11.2 Å². The summed E-state index contributed by atoms with van der Waals surface area (Å²) in [7, 11) is 0. The van der Waals surface area contributed by atoms with E-state index in [0.717, 1.165) is 18.8 Å². The predicted octanol–water partition coefficient (Wildman–Crippen LogP) is 3.72. The molecule has 1 N–H and O–H groups in total. The summed E-state index contributed by atoms with van der Waals surface area (Å²) in [4.78, 5) is 2.29. The number of halogens is 1. The molecule has 0 saturated carbocycles. The van der Waals surface area contributed by atoms with Gasteiger partial charge in [-0.3, -0.25) is 0 Å². The first-order valence-electron chi connectivity index (χ1n) is 7.28. The fourth-order valence-electron chi connectivity index (χ4n) is 3.17. The Labute approximate surface area is 115 Å². The van der Waals surface area contributed by atoms with Crippen LogP contribution in [0.15, 0.2) is 18.2 Å². The van der Waals surface area contributed by atoms with E-state index < -0.39 is 0 Å². The van der Waals surface area contributed by atoms with Crippen molar-refractivity contribution in [3.05, 3.63) is 29.6 Å². The average molecular weight is 265 g/mol. The smallest absolute Gasteiger partial charge is 0.123 e. The van der Waals surface area contributed by atoms with Crippen molar-refractivity contribution in [3.63, 3.8) is 0 Å². The molecule has 1 aliphatic rings. The minimum atomic E-state index is -0.277. The molecule has 19 heavy (non-hydrogen) atoms. The lowest BCUT2D eigenvalue weighted by Gasteiger charge is -2.42. The number of nitrogens with zero attached hydrogens (tertiary/aromatic N) is 1. The Kier molecular flexibility index (Phi) is 4.46. The van der Waals surface area contributed by atoms with E-state index in [9.17, 15) is 9.50 Å². The van der Waals surface area contributed by atoms with Crippen LogP contribution in [0.5, 0.6) is 0 Å². The summed E-state index contributed by atoms with van der Waals surface area (Å²) in [6, 6.07) is 4.72. The number of rotatable bonds is 4. The highest BCUT2D eigenvalue weighted by atomic mass is 19.1. The Bertz CT molecular complexity index is 419. The molecule has 1 heterocycles. The van der Waals surface area contributed by atoms with E-state index in [1.54, 1.807) is 6.07 Å². The molecule has 0 unspecified atom stereocenters. The highest BCUT2D eigenvalue weighted by molar-refractivity contribution is 5.54. The Morgan fingerprint density at radius 1 is 1.21 bits per heavy atom. The lowest BCUT2D eigenvalue weighted by atomic mass is 9.74. The van der Waals surface area contributed by atoms with Crippen LogP contribution in [0.1, 0.15) is 45.1 Å². The summed E-state index contributed by atoms with van der Waals surface area (Å²) in [5.41, 5.74) is 2.17. The molecule has 0 spiro atoms. The predicted molar refractivity (Wildman–Crippen MR) is 76.8 cm³/mol. The van der Waals surface area contributed by atoms with Crippen LogP contribution in [-0.2, 0) is 6.61 Å². The third-order valence-corrected chi connectivity index (χ3v) is 4.88. The number of piperidine rings is 1. The lowest BCUT2D eigenvalue weighted by Crippen LogP contribution is -2.40. The molecule has 1 fully saturated rings. The van der Waals surface area contributed by atoms with Crippen molar-refractivity contribution in [2.75, 3.05) is 18.0 Å². The van der Waals surface area contributed by atoms with E-state index >= 15 is 0 Å². The van der Waals surface area contributed by atoms with Gasteiger partial charge in [-0.1, -0.05) is 26.7 Å². The number of benzene rings is 1. The Balaban J connectivity index is 2.13. The van der Waals surface area contributed by atoms with Gasteiger partial charge in [-0.15, -0.1) is 0 Å². The number of hydrogen-bond acceptors (Lipinski definition) is 2. The Morgan fingerprint density at radius 3 is 2.37 bits per heavy atom. The van der Waals surface area contributed by atoms with Crippen molar-refractivity contribution >= 4 is 5.69 Å². The van der Waals surface area contributed by atoms with E-state index in [1.165, 1.54) is 37.8 Å². The fourth-order valence-corrected chi connectivity index (χ4v) is 3.17. The zero-order chi connectivity index (χ0) is 13.9. The van der Waals surface area contributed by atoms with Crippen LogP contribution in [-0.4, -0.2) is 18.2 Å². The molecule has 0 radical (unpaired) electrons. The van der Waals surface area contributed by atoms with Crippen molar-refractivity contribution in [1.29, 1.82) is 0 Å². The van der Waals surface area contributed by atoms with Gasteiger partial charge in [0.2, 0.25) is 0 Å². The maximum atomic E-state index is 13.2. The standard InChI is InChI=1S/C16H24FNO/c1-3-16(4-2)7-9-18(10-8-16)15-6-5-14(17)11-13(15)12-19/h5-6,11,19H,3-4,7-10,12H2,1-2H3. The molecule has 1 saturated heterocycles. The molecule has 2 rings (SSSR count). The summed E-state index contributed by atoms with van der Waals surface area (Å²) in [5.74, 6) is -0.277. The molecule has 106 valence electrons. The largest absolute Gasteiger partial charge is 0.392 e. The van der Waals surface area contributed by atoms with Crippen molar-refractivity contribution in [1.82, 2.24) is 0 Å². The second-order valence-corrected chi connectivity index (χ2v) is 5.63. The molecule has 0 atom stereocenters. The number of hydrogen-bond donors (Lipinski definition) is 1. The molecule has 0 aliphatic carbocycles. The normalized spacial score (nSPS) is 18.6. The van der Waals surface area contributed by atoms with Gasteiger partial charge < -0.3 is 10.0 Å². The molecular weight excluding hydrogens is 241 g/mol. The van der Waals surface area contributed by atoms with Crippen molar-refractivity contribution in [2.45, 2.75) is 46.1 Å². The van der Waals surface area contributed by atoms with Crippen molar-refractivity contribution < 1.29 is 9.50 Å². The van der Waals surface area contributed by atoms with E-state index in [-0.39, 0.29) is 12.4 Å². The maximum absolute atomic E-state index is 13.2. The van der Waals surface area contributed by atoms with Gasteiger partial charge in [0.05, 0.1) is 6.61 Å². The SMILES string of the molecule is CCC1(CC)CCN(c2ccc(F)cc2CO)CC1. The van der Waals surface area contributed by atoms with E-state index in [1.807, 2.05) is 0 Å². The van der Waals surface area contributed by atoms with Crippen LogP contribution in [0.4, 0.5) is 10.1 Å². The molecule has 2 nitrogen and oxygen atoms in total. The zero-order valence-corrected chi connectivity index (χ0v) is 12.0. The van der Waals surface area contributed by atoms with Crippen molar-refractivity contribution in [2.24, 2.45) is 5.41 Å². The first kappa shape index (κ1) is 14.3. The molecule has 0 bridgehead atoms. The fraction of sp³-hybridized carbons (Fsp3) is 0.625. The number of anilines is 1. The summed E-state index contributed by atoms with van der Waals surface area (Å²) in [6.45, 7) is 6.45. The van der Waals surface area contributed by atoms with Crippen LogP contribution >= 0.6 is 0 Å². The van der Waals surface area contributed by atoms with Gasteiger partial charge in [-0.25, -0.2) is 4.39 Å². The first-order chi connectivity index (χ1) is 9.14. The van der Waals surface area contributed by atoms with Gasteiger partial charge in [0.1, 0.15) is 5.82 Å². The van der Waals surface area contributed by atoms with Crippen molar-refractivity contribution in [3.8, 4) is 0 Å². The van der Waals surface area contributed by atoms with Crippen LogP contribution < -0.4 is 4.90 Å². The Hall–Kier alpha value is -1.09. The minimum absolute atomic E-state index is 0.101. The molecule has 0 aromatic heterocycles. The molecular formula is C16H24FNO. The number of aliphatic hydroxyl groups excluding tert-OH is 1. The molecule has 1 aromatic rings. The van der Waals surface area contributed by atoms with Gasteiger partial charge >= 0.3 is 0 Å². The quantitative estimate of drug-likeness (QED) is 0.896. The van der Waals surface area contributed by atoms with Crippen LogP contribution in [0.2, 0.25) is 0 Å². The second kappa shape index (κ2) is 5.91. The zero-order valence-electron chi connectivity index (χ0n) is 12.0. The molecule has 1 aromatic carbocycles. The Morgan fingerprint density at radius 2 is 1.84 bits per heavy atom. The topological polar surface area (TPSA) is 23.5 Å². The molecule has 3 heteroatoms. The maximum Gasteiger partial charge on any atom is 0.123 e. The summed E-state index contributed by atoms with van der Waals surface area (Å²) >= 11 is 0. The minimum Gasteiger partial charge on any atom is -0.392 e. The highest BCUT2D eigenvalue weighted by Gasteiger charge is 2.31. The van der Waals surface area contributed by atoms with Crippen LogP contribution in [0.3, 0.4) is 0 Å². The lowest BCUT2D eigenvalue weighted by molar-refractivity contribution is 0.199. The van der Waals surface area contributed by atoms with Gasteiger partial charge in [-0.2, -0.15) is 0 Å². The highest BCUT2D eigenvalue weighted by Crippen LogP contribution is 2.39. The molecule has 1 aliphatic heterocycles. The van der Waals surface area contributed by atoms with Gasteiger partial charge in [0.15, 0.2) is 0 Å². The summed E-state index contributed by atoms with van der Waals surface area (Å²) < 4.78 is 13.2. The van der Waals surface area contributed by atoms with Gasteiger partial charge in [0.25, 0.3) is 0 Å². The van der Waals surface area contributed by atoms with E-state index in [2.05, 4.69) is 18.7 Å². The second-order valence-electron chi connectivity index (χ2n) is 5.63. The third kappa shape index (κ3) is 2.92.